The zero-order valence-corrected chi connectivity index (χ0v) is 13.0. The van der Waals surface area contributed by atoms with Gasteiger partial charge in [0.1, 0.15) is 5.75 Å². The van der Waals surface area contributed by atoms with E-state index in [0.717, 1.165) is 3.57 Å². The van der Waals surface area contributed by atoms with Gasteiger partial charge in [-0.2, -0.15) is 0 Å². The highest BCUT2D eigenvalue weighted by atomic mass is 127. The number of carbonyl (C=O) groups excluding carboxylic acids is 1. The molecule has 2 rings (SSSR count). The maximum Gasteiger partial charge on any atom is 0.307 e. The Bertz CT molecular complexity index is 683. The first-order valence-electron chi connectivity index (χ1n) is 6.06. The molecule has 0 aromatic heterocycles. The Kier molecular flexibility index (Phi) is 4.79. The third-order valence-electron chi connectivity index (χ3n) is 2.77. The second-order valence-electron chi connectivity index (χ2n) is 4.38. The van der Waals surface area contributed by atoms with Gasteiger partial charge in [-0.05, 0) is 58.5 Å². The van der Waals surface area contributed by atoms with Crippen LogP contribution in [0.15, 0.2) is 42.5 Å². The molecule has 0 aliphatic rings. The van der Waals surface area contributed by atoms with Crippen LogP contribution in [0.1, 0.15) is 15.9 Å². The quantitative estimate of drug-likeness (QED) is 0.693. The van der Waals surface area contributed by atoms with Gasteiger partial charge in [0.15, 0.2) is 0 Å². The predicted octanol–water partition coefficient (Wildman–Crippen LogP) is 2.88. The Morgan fingerprint density at radius 1 is 1.10 bits per heavy atom. The Balaban J connectivity index is 2.12. The van der Waals surface area contributed by atoms with Crippen molar-refractivity contribution in [1.29, 1.82) is 0 Å². The van der Waals surface area contributed by atoms with Crippen molar-refractivity contribution in [3.8, 4) is 5.75 Å². The smallest absolute Gasteiger partial charge is 0.307 e. The zero-order chi connectivity index (χ0) is 15.4. The average Bonchev–Trinajstić information content (AvgIpc) is 2.43. The molecule has 108 valence electrons. The second kappa shape index (κ2) is 6.57. The van der Waals surface area contributed by atoms with Gasteiger partial charge >= 0.3 is 5.97 Å². The van der Waals surface area contributed by atoms with Crippen molar-refractivity contribution < 1.29 is 19.8 Å². The number of hydrogen-bond donors (Lipinski definition) is 3. The van der Waals surface area contributed by atoms with Gasteiger partial charge in [-0.1, -0.05) is 12.1 Å². The molecule has 21 heavy (non-hydrogen) atoms. The molecule has 0 spiro atoms. The fraction of sp³-hybridized carbons (Fsp3) is 0.0667. The van der Waals surface area contributed by atoms with Crippen LogP contribution in [0.3, 0.4) is 0 Å². The Labute approximate surface area is 134 Å². The van der Waals surface area contributed by atoms with Crippen LogP contribution in [-0.4, -0.2) is 22.1 Å². The number of carboxylic acids is 1. The van der Waals surface area contributed by atoms with Crippen molar-refractivity contribution in [3.63, 3.8) is 0 Å². The fourth-order valence-corrected chi connectivity index (χ4v) is 2.26. The van der Waals surface area contributed by atoms with E-state index in [1.807, 2.05) is 0 Å². The van der Waals surface area contributed by atoms with E-state index >= 15 is 0 Å². The van der Waals surface area contributed by atoms with Crippen molar-refractivity contribution in [2.75, 3.05) is 5.32 Å². The van der Waals surface area contributed by atoms with Crippen LogP contribution in [0.5, 0.6) is 5.75 Å². The normalized spacial score (nSPS) is 10.1. The first-order chi connectivity index (χ1) is 9.95. The predicted molar refractivity (Wildman–Crippen MR) is 86.6 cm³/mol. The number of aromatic hydroxyl groups is 1. The lowest BCUT2D eigenvalue weighted by Crippen LogP contribution is -2.12. The van der Waals surface area contributed by atoms with Gasteiger partial charge in [0, 0.05) is 9.26 Å². The van der Waals surface area contributed by atoms with E-state index in [1.54, 1.807) is 36.4 Å². The molecule has 3 N–H and O–H groups in total. The fourth-order valence-electron chi connectivity index (χ4n) is 1.77. The standard InChI is InChI=1S/C15H12INO4/c16-10-3-6-13(18)12(8-10)15(21)17-11-4-1-9(2-5-11)7-14(19)20/h1-6,8,18H,7H2,(H,17,21)(H,19,20). The third-order valence-corrected chi connectivity index (χ3v) is 3.44. The summed E-state index contributed by atoms with van der Waals surface area (Å²) in [5.74, 6) is -1.41. The van der Waals surface area contributed by atoms with Gasteiger partial charge in [0.2, 0.25) is 0 Å². The molecule has 0 heterocycles. The van der Waals surface area contributed by atoms with Gasteiger partial charge in [-0.3, -0.25) is 9.59 Å². The van der Waals surface area contributed by atoms with Crippen molar-refractivity contribution in [3.05, 3.63) is 57.2 Å². The van der Waals surface area contributed by atoms with E-state index in [1.165, 1.54) is 6.07 Å². The minimum atomic E-state index is -0.907. The molecule has 0 saturated heterocycles. The van der Waals surface area contributed by atoms with Gasteiger partial charge in [0.05, 0.1) is 12.0 Å². The summed E-state index contributed by atoms with van der Waals surface area (Å²) >= 11 is 2.06. The summed E-state index contributed by atoms with van der Waals surface area (Å²) in [6.45, 7) is 0. The van der Waals surface area contributed by atoms with E-state index in [0.29, 0.717) is 11.3 Å². The highest BCUT2D eigenvalue weighted by molar-refractivity contribution is 14.1. The average molecular weight is 397 g/mol. The van der Waals surface area contributed by atoms with Gasteiger partial charge in [-0.25, -0.2) is 0 Å². The highest BCUT2D eigenvalue weighted by Crippen LogP contribution is 2.21. The monoisotopic (exact) mass is 397 g/mol. The Morgan fingerprint density at radius 2 is 1.76 bits per heavy atom. The zero-order valence-electron chi connectivity index (χ0n) is 10.8. The molecule has 0 fully saturated rings. The molecule has 0 radical (unpaired) electrons. The SMILES string of the molecule is O=C(O)Cc1ccc(NC(=O)c2cc(I)ccc2O)cc1. The lowest BCUT2D eigenvalue weighted by atomic mass is 10.1. The highest BCUT2D eigenvalue weighted by Gasteiger charge is 2.12. The number of carbonyl (C=O) groups is 2. The largest absolute Gasteiger partial charge is 0.507 e. The molecule has 1 amide bonds. The van der Waals surface area contributed by atoms with Gasteiger partial charge in [0.25, 0.3) is 5.91 Å². The first kappa shape index (κ1) is 15.3. The molecule has 6 heteroatoms. The number of anilines is 1. The molecule has 0 saturated carbocycles. The first-order valence-corrected chi connectivity index (χ1v) is 7.14. The molecule has 0 aliphatic carbocycles. The number of amides is 1. The number of phenolic OH excluding ortho intramolecular Hbond substituents is 1. The van der Waals surface area contributed by atoms with E-state index in [9.17, 15) is 14.7 Å². The number of nitrogens with one attached hydrogen (secondary N) is 1. The summed E-state index contributed by atoms with van der Waals surface area (Å²) in [4.78, 5) is 22.7. The Morgan fingerprint density at radius 3 is 2.38 bits per heavy atom. The second-order valence-corrected chi connectivity index (χ2v) is 5.63. The van der Waals surface area contributed by atoms with Crippen LogP contribution in [0, 0.1) is 3.57 Å². The summed E-state index contributed by atoms with van der Waals surface area (Å²) in [6.07, 6.45) is -0.0636. The molecule has 5 nitrogen and oxygen atoms in total. The topological polar surface area (TPSA) is 86.6 Å². The van der Waals surface area contributed by atoms with E-state index in [2.05, 4.69) is 27.9 Å². The molecule has 2 aromatic carbocycles. The summed E-state index contributed by atoms with van der Waals surface area (Å²) in [5, 5.41) is 21.0. The molecule has 2 aromatic rings. The number of aliphatic carboxylic acids is 1. The van der Waals surface area contributed by atoms with E-state index < -0.39 is 11.9 Å². The van der Waals surface area contributed by atoms with Crippen molar-refractivity contribution in [2.45, 2.75) is 6.42 Å². The van der Waals surface area contributed by atoms with Crippen LogP contribution in [0.25, 0.3) is 0 Å². The van der Waals surface area contributed by atoms with Crippen molar-refractivity contribution in [1.82, 2.24) is 0 Å². The number of rotatable bonds is 4. The van der Waals surface area contributed by atoms with Crippen molar-refractivity contribution in [2.24, 2.45) is 0 Å². The molecular formula is C15H12INO4. The van der Waals surface area contributed by atoms with Crippen LogP contribution in [-0.2, 0) is 11.2 Å². The van der Waals surface area contributed by atoms with Gasteiger partial charge in [-0.15, -0.1) is 0 Å². The summed E-state index contributed by atoms with van der Waals surface area (Å²) in [6, 6.07) is 11.3. The summed E-state index contributed by atoms with van der Waals surface area (Å²) in [7, 11) is 0. The molecule has 0 bridgehead atoms. The minimum Gasteiger partial charge on any atom is -0.507 e. The number of benzene rings is 2. The maximum absolute atomic E-state index is 12.1. The molecular weight excluding hydrogens is 385 g/mol. The molecule has 0 aliphatic heterocycles. The van der Waals surface area contributed by atoms with Crippen LogP contribution in [0.4, 0.5) is 5.69 Å². The number of carboxylic acid groups (broad SMARTS) is 1. The summed E-state index contributed by atoms with van der Waals surface area (Å²) < 4.78 is 0.840. The third kappa shape index (κ3) is 4.19. The van der Waals surface area contributed by atoms with Crippen LogP contribution >= 0.6 is 22.6 Å². The maximum atomic E-state index is 12.1. The van der Waals surface area contributed by atoms with Crippen LogP contribution < -0.4 is 5.32 Å². The van der Waals surface area contributed by atoms with E-state index in [4.69, 9.17) is 5.11 Å². The van der Waals surface area contributed by atoms with Crippen LogP contribution in [0.2, 0.25) is 0 Å². The Hall–Kier alpha value is -2.09. The summed E-state index contributed by atoms with van der Waals surface area (Å²) in [5.41, 5.74) is 1.38. The lowest BCUT2D eigenvalue weighted by Gasteiger charge is -2.08. The lowest BCUT2D eigenvalue weighted by molar-refractivity contribution is -0.136. The molecule has 0 unspecified atom stereocenters. The number of halogens is 1. The number of hydrogen-bond acceptors (Lipinski definition) is 3. The van der Waals surface area contributed by atoms with Gasteiger partial charge < -0.3 is 15.5 Å². The van der Waals surface area contributed by atoms with Crippen molar-refractivity contribution >= 4 is 40.2 Å². The van der Waals surface area contributed by atoms with E-state index in [-0.39, 0.29) is 17.7 Å². The number of phenols is 1. The minimum absolute atomic E-state index is 0.0636. The molecule has 0 atom stereocenters.